The molecule has 1 heterocycles. The van der Waals surface area contributed by atoms with Gasteiger partial charge < -0.3 is 15.0 Å². The standard InChI is InChI=1S/C17H23N3O/c1-20(2)13-15-8-5-4-7-14(15)11-18-12-16-9-6-10-17(19-16)21-3/h4-10,18H,11-13H2,1-3H3. The highest BCUT2D eigenvalue weighted by molar-refractivity contribution is 5.27. The van der Waals surface area contributed by atoms with Crippen LogP contribution in [0.1, 0.15) is 16.8 Å². The Hall–Kier alpha value is -1.91. The number of benzene rings is 1. The molecule has 0 fully saturated rings. The van der Waals surface area contributed by atoms with Gasteiger partial charge in [0.1, 0.15) is 0 Å². The zero-order valence-electron chi connectivity index (χ0n) is 13.0. The molecule has 0 radical (unpaired) electrons. The number of nitrogens with zero attached hydrogens (tertiary/aromatic N) is 2. The number of rotatable bonds is 7. The Labute approximate surface area is 126 Å². The van der Waals surface area contributed by atoms with E-state index in [4.69, 9.17) is 4.74 Å². The highest BCUT2D eigenvalue weighted by atomic mass is 16.5. The highest BCUT2D eigenvalue weighted by Crippen LogP contribution is 2.11. The van der Waals surface area contributed by atoms with Crippen LogP contribution >= 0.6 is 0 Å². The molecule has 4 heteroatoms. The van der Waals surface area contributed by atoms with E-state index in [1.807, 2.05) is 18.2 Å². The molecule has 2 rings (SSSR count). The van der Waals surface area contributed by atoms with Gasteiger partial charge in [-0.15, -0.1) is 0 Å². The average molecular weight is 285 g/mol. The summed E-state index contributed by atoms with van der Waals surface area (Å²) in [5.74, 6) is 0.655. The van der Waals surface area contributed by atoms with Gasteiger partial charge in [-0.25, -0.2) is 4.98 Å². The third-order valence-electron chi connectivity index (χ3n) is 3.22. The van der Waals surface area contributed by atoms with Crippen molar-refractivity contribution >= 4 is 0 Å². The maximum atomic E-state index is 5.14. The number of hydrogen-bond acceptors (Lipinski definition) is 4. The second kappa shape index (κ2) is 7.76. The number of ether oxygens (including phenoxy) is 1. The monoisotopic (exact) mass is 285 g/mol. The first-order valence-corrected chi connectivity index (χ1v) is 7.11. The van der Waals surface area contributed by atoms with Crippen LogP contribution in [0.4, 0.5) is 0 Å². The lowest BCUT2D eigenvalue weighted by atomic mass is 10.1. The van der Waals surface area contributed by atoms with Crippen LogP contribution in [0, 0.1) is 0 Å². The summed E-state index contributed by atoms with van der Waals surface area (Å²) in [6, 6.07) is 14.3. The van der Waals surface area contributed by atoms with Gasteiger partial charge in [0.2, 0.25) is 5.88 Å². The Morgan fingerprint density at radius 1 is 1.00 bits per heavy atom. The van der Waals surface area contributed by atoms with Gasteiger partial charge in [-0.3, -0.25) is 0 Å². The molecule has 1 aromatic carbocycles. The molecule has 0 aliphatic heterocycles. The van der Waals surface area contributed by atoms with E-state index in [0.717, 1.165) is 25.3 Å². The lowest BCUT2D eigenvalue weighted by molar-refractivity contribution is 0.395. The van der Waals surface area contributed by atoms with Crippen LogP contribution in [-0.4, -0.2) is 31.1 Å². The van der Waals surface area contributed by atoms with Gasteiger partial charge in [0.05, 0.1) is 12.8 Å². The minimum absolute atomic E-state index is 0.655. The number of aromatic nitrogens is 1. The van der Waals surface area contributed by atoms with Gasteiger partial charge in [-0.2, -0.15) is 0 Å². The average Bonchev–Trinajstić information content (AvgIpc) is 2.49. The predicted molar refractivity (Wildman–Crippen MR) is 85.2 cm³/mol. The molecular formula is C17H23N3O. The minimum atomic E-state index is 0.655. The second-order valence-corrected chi connectivity index (χ2v) is 5.28. The zero-order valence-corrected chi connectivity index (χ0v) is 13.0. The normalized spacial score (nSPS) is 10.9. The third kappa shape index (κ3) is 4.85. The number of nitrogens with one attached hydrogen (secondary N) is 1. The molecule has 2 aromatic rings. The Bertz CT molecular complexity index is 569. The van der Waals surface area contributed by atoms with Crippen molar-refractivity contribution in [3.05, 3.63) is 59.3 Å². The minimum Gasteiger partial charge on any atom is -0.481 e. The van der Waals surface area contributed by atoms with E-state index >= 15 is 0 Å². The summed E-state index contributed by atoms with van der Waals surface area (Å²) in [4.78, 5) is 6.58. The van der Waals surface area contributed by atoms with Crippen molar-refractivity contribution in [1.29, 1.82) is 0 Å². The van der Waals surface area contributed by atoms with Gasteiger partial charge in [0.25, 0.3) is 0 Å². The summed E-state index contributed by atoms with van der Waals surface area (Å²) in [6.45, 7) is 2.52. The van der Waals surface area contributed by atoms with Crippen molar-refractivity contribution in [3.8, 4) is 5.88 Å². The summed E-state index contributed by atoms with van der Waals surface area (Å²) in [5.41, 5.74) is 3.67. The molecule has 0 amide bonds. The molecule has 4 nitrogen and oxygen atoms in total. The Morgan fingerprint density at radius 3 is 2.48 bits per heavy atom. The van der Waals surface area contributed by atoms with Crippen LogP contribution in [-0.2, 0) is 19.6 Å². The lowest BCUT2D eigenvalue weighted by Gasteiger charge is -2.14. The fourth-order valence-electron chi connectivity index (χ4n) is 2.22. The highest BCUT2D eigenvalue weighted by Gasteiger charge is 2.03. The molecule has 0 bridgehead atoms. The maximum absolute atomic E-state index is 5.14. The Balaban J connectivity index is 1.94. The van der Waals surface area contributed by atoms with Crippen molar-refractivity contribution in [2.75, 3.05) is 21.2 Å². The van der Waals surface area contributed by atoms with Gasteiger partial charge in [0, 0.05) is 25.7 Å². The zero-order chi connectivity index (χ0) is 15.1. The van der Waals surface area contributed by atoms with E-state index in [1.165, 1.54) is 11.1 Å². The topological polar surface area (TPSA) is 37.4 Å². The molecule has 0 unspecified atom stereocenters. The molecular weight excluding hydrogens is 262 g/mol. The summed E-state index contributed by atoms with van der Waals surface area (Å²) >= 11 is 0. The van der Waals surface area contributed by atoms with E-state index < -0.39 is 0 Å². The molecule has 0 atom stereocenters. The second-order valence-electron chi connectivity index (χ2n) is 5.28. The Morgan fingerprint density at radius 2 is 1.76 bits per heavy atom. The number of methoxy groups -OCH3 is 1. The molecule has 0 aliphatic rings. The lowest BCUT2D eigenvalue weighted by Crippen LogP contribution is -2.17. The SMILES string of the molecule is COc1cccc(CNCc2ccccc2CN(C)C)n1. The predicted octanol–water partition coefficient (Wildman–Crippen LogP) is 2.44. The van der Waals surface area contributed by atoms with Crippen LogP contribution < -0.4 is 10.1 Å². The van der Waals surface area contributed by atoms with Gasteiger partial charge in [-0.1, -0.05) is 30.3 Å². The molecule has 0 saturated heterocycles. The fourth-order valence-corrected chi connectivity index (χ4v) is 2.22. The summed E-state index contributed by atoms with van der Waals surface area (Å²) in [7, 11) is 5.81. The van der Waals surface area contributed by atoms with Crippen molar-refractivity contribution in [2.24, 2.45) is 0 Å². The van der Waals surface area contributed by atoms with E-state index in [9.17, 15) is 0 Å². The number of hydrogen-bond donors (Lipinski definition) is 1. The quantitative estimate of drug-likeness (QED) is 0.848. The molecule has 0 spiro atoms. The van der Waals surface area contributed by atoms with Crippen LogP contribution in [0.25, 0.3) is 0 Å². The summed E-state index contributed by atoms with van der Waals surface area (Å²) in [6.07, 6.45) is 0. The van der Waals surface area contributed by atoms with E-state index in [2.05, 4.69) is 53.6 Å². The first-order chi connectivity index (χ1) is 10.2. The first-order valence-electron chi connectivity index (χ1n) is 7.11. The summed E-state index contributed by atoms with van der Waals surface area (Å²) < 4.78 is 5.14. The van der Waals surface area contributed by atoms with Crippen LogP contribution in [0.2, 0.25) is 0 Å². The van der Waals surface area contributed by atoms with Gasteiger partial charge in [0.15, 0.2) is 0 Å². The number of pyridine rings is 1. The molecule has 0 aliphatic carbocycles. The van der Waals surface area contributed by atoms with E-state index in [1.54, 1.807) is 7.11 Å². The van der Waals surface area contributed by atoms with Crippen molar-refractivity contribution < 1.29 is 4.74 Å². The molecule has 21 heavy (non-hydrogen) atoms. The van der Waals surface area contributed by atoms with E-state index in [0.29, 0.717) is 5.88 Å². The van der Waals surface area contributed by atoms with Crippen molar-refractivity contribution in [3.63, 3.8) is 0 Å². The first kappa shape index (κ1) is 15.5. The van der Waals surface area contributed by atoms with Crippen molar-refractivity contribution in [2.45, 2.75) is 19.6 Å². The molecule has 0 saturated carbocycles. The maximum Gasteiger partial charge on any atom is 0.213 e. The largest absolute Gasteiger partial charge is 0.481 e. The smallest absolute Gasteiger partial charge is 0.213 e. The van der Waals surface area contributed by atoms with Crippen LogP contribution in [0.3, 0.4) is 0 Å². The molecule has 1 N–H and O–H groups in total. The van der Waals surface area contributed by atoms with Crippen molar-refractivity contribution in [1.82, 2.24) is 15.2 Å². The Kier molecular flexibility index (Phi) is 5.72. The summed E-state index contributed by atoms with van der Waals surface area (Å²) in [5, 5.41) is 3.45. The molecule has 1 aromatic heterocycles. The fraction of sp³-hybridized carbons (Fsp3) is 0.353. The van der Waals surface area contributed by atoms with Crippen LogP contribution in [0.5, 0.6) is 5.88 Å². The molecule has 112 valence electrons. The van der Waals surface area contributed by atoms with Crippen LogP contribution in [0.15, 0.2) is 42.5 Å². The van der Waals surface area contributed by atoms with Gasteiger partial charge >= 0.3 is 0 Å². The van der Waals surface area contributed by atoms with E-state index in [-0.39, 0.29) is 0 Å². The third-order valence-corrected chi connectivity index (χ3v) is 3.22. The van der Waals surface area contributed by atoms with Gasteiger partial charge in [-0.05, 0) is 31.3 Å².